The van der Waals surface area contributed by atoms with E-state index in [0.29, 0.717) is 0 Å². The van der Waals surface area contributed by atoms with Crippen LogP contribution < -0.4 is 20.3 Å². The van der Waals surface area contributed by atoms with Crippen LogP contribution in [0.2, 0.25) is 0 Å². The van der Waals surface area contributed by atoms with Crippen LogP contribution in [0, 0.1) is 0 Å². The topological polar surface area (TPSA) is 138 Å². The average Bonchev–Trinajstić information content (AvgIpc) is 1.25. The van der Waals surface area contributed by atoms with Gasteiger partial charge in [0.15, 0.2) is 0 Å². The fourth-order valence-corrected chi connectivity index (χ4v) is 0. The molecule has 0 radical (unpaired) electrons. The van der Waals surface area contributed by atoms with E-state index in [9.17, 15) is 0 Å². The first kappa shape index (κ1) is 29.3. The number of hydrogen-bond donors (Lipinski definition) is 0. The third kappa shape index (κ3) is 137. The first-order valence-corrected chi connectivity index (χ1v) is 7.35. The molecule has 0 aromatic heterocycles. The molecule has 0 atom stereocenters. The predicted molar refractivity (Wildman–Crippen MR) is 28.8 cm³/mol. The van der Waals surface area contributed by atoms with Crippen LogP contribution >= 0.6 is 0 Å². The second-order valence-corrected chi connectivity index (χ2v) is 3.00. The van der Waals surface area contributed by atoms with Gasteiger partial charge in [0, 0.05) is 0 Å². The zero-order valence-corrected chi connectivity index (χ0v) is 14.8. The first-order chi connectivity index (χ1) is 3.46. The second kappa shape index (κ2) is 23.5. The van der Waals surface area contributed by atoms with Crippen LogP contribution in [-0.2, 0) is 0 Å². The van der Waals surface area contributed by atoms with Crippen LogP contribution in [0.3, 0.4) is 0 Å². The fourth-order valence-electron chi connectivity index (χ4n) is 0. The molecule has 0 rings (SSSR count). The average molecular weight is 412 g/mol. The molecule has 52 valence electrons. The molecule has 0 aromatic rings. The fraction of sp³-hybridized carbons (Fsp3) is 0. The Morgan fingerprint density at radius 2 is 0.455 bits per heavy atom. The van der Waals surface area contributed by atoms with Crippen molar-refractivity contribution in [3.05, 3.63) is 0 Å². The summed E-state index contributed by atoms with van der Waals surface area (Å²) in [6.07, 6.45) is 0. The molecular formula is Mg3O6Sb2. The van der Waals surface area contributed by atoms with Crippen molar-refractivity contribution in [3.63, 3.8) is 0 Å². The normalized spacial score (nSPS) is 6.55. The van der Waals surface area contributed by atoms with Gasteiger partial charge in [0.25, 0.3) is 0 Å². The monoisotopic (exact) mass is 410 g/mol. The Hall–Kier alpha value is 3.70. The van der Waals surface area contributed by atoms with Gasteiger partial charge < -0.3 is 0 Å². The summed E-state index contributed by atoms with van der Waals surface area (Å²) in [5, 5.41) is 0. The molecule has 11 heavy (non-hydrogen) atoms. The molecule has 0 heterocycles. The molecule has 0 amide bonds. The Kier molecular flexibility index (Phi) is 62.6. The van der Waals surface area contributed by atoms with Gasteiger partial charge in [-0.2, -0.15) is 0 Å². The van der Waals surface area contributed by atoms with Gasteiger partial charge in [0.2, 0.25) is 0 Å². The Balaban J connectivity index is -0.0000000171. The van der Waals surface area contributed by atoms with Crippen molar-refractivity contribution in [1.29, 1.82) is 0 Å². The van der Waals surface area contributed by atoms with Crippen LogP contribution in [-0.4, -0.2) is 112 Å². The van der Waals surface area contributed by atoms with Crippen LogP contribution in [0.15, 0.2) is 0 Å². The van der Waals surface area contributed by atoms with Crippen molar-refractivity contribution in [2.24, 2.45) is 0 Å². The minimum atomic E-state index is -4.20. The van der Waals surface area contributed by atoms with E-state index in [0.717, 1.165) is 0 Å². The Morgan fingerprint density at radius 1 is 0.455 bits per heavy atom. The Labute approximate surface area is 130 Å². The second-order valence-electron chi connectivity index (χ2n) is 0.447. The van der Waals surface area contributed by atoms with Crippen molar-refractivity contribution in [3.8, 4) is 0 Å². The third-order valence-electron chi connectivity index (χ3n) is 0. The predicted octanol–water partition coefficient (Wildman–Crippen LogP) is -9.04. The number of hydrogen-bond acceptors (Lipinski definition) is 6. The minimum absolute atomic E-state index is 0. The van der Waals surface area contributed by atoms with Gasteiger partial charge in [-0.25, -0.2) is 0 Å². The van der Waals surface area contributed by atoms with Crippen molar-refractivity contribution in [1.82, 2.24) is 0 Å². The molecule has 0 bridgehead atoms. The molecule has 0 aliphatic carbocycles. The van der Waals surface area contributed by atoms with E-state index >= 15 is 0 Å². The zero-order chi connectivity index (χ0) is 7.15. The summed E-state index contributed by atoms with van der Waals surface area (Å²) in [5.74, 6) is 0. The van der Waals surface area contributed by atoms with E-state index < -0.39 is 42.9 Å². The molecule has 0 saturated heterocycles. The van der Waals surface area contributed by atoms with E-state index in [2.05, 4.69) is 0 Å². The van der Waals surface area contributed by atoms with E-state index in [1.807, 2.05) is 0 Å². The van der Waals surface area contributed by atoms with E-state index in [-0.39, 0.29) is 69.2 Å². The molecule has 0 aromatic carbocycles. The van der Waals surface area contributed by atoms with Gasteiger partial charge >= 0.3 is 132 Å². The molecule has 0 aliphatic heterocycles. The summed E-state index contributed by atoms with van der Waals surface area (Å²) >= 11 is -8.40. The van der Waals surface area contributed by atoms with E-state index in [4.69, 9.17) is 20.3 Å². The molecule has 0 unspecified atom stereocenters. The van der Waals surface area contributed by atoms with Gasteiger partial charge in [0.05, 0.1) is 0 Å². The van der Waals surface area contributed by atoms with Gasteiger partial charge in [0.1, 0.15) is 0 Å². The standard InChI is InChI=1S/3Mg.6O.2Sb/q3*+2;6*-1;;. The van der Waals surface area contributed by atoms with Crippen LogP contribution in [0.4, 0.5) is 0 Å². The summed E-state index contributed by atoms with van der Waals surface area (Å²) in [4.78, 5) is 0. The summed E-state index contributed by atoms with van der Waals surface area (Å²) in [5.41, 5.74) is 0. The quantitative estimate of drug-likeness (QED) is 0.362. The van der Waals surface area contributed by atoms with Crippen molar-refractivity contribution >= 4 is 112 Å². The first-order valence-electron chi connectivity index (χ1n) is 1.10. The van der Waals surface area contributed by atoms with Crippen molar-refractivity contribution in [2.75, 3.05) is 0 Å². The summed E-state index contributed by atoms with van der Waals surface area (Å²) in [6, 6.07) is 0. The summed E-state index contributed by atoms with van der Waals surface area (Å²) in [7, 11) is 0. The molecule has 0 aliphatic rings. The van der Waals surface area contributed by atoms with Crippen LogP contribution in [0.1, 0.15) is 0 Å². The molecule has 11 heteroatoms. The van der Waals surface area contributed by atoms with Gasteiger partial charge in [-0.15, -0.1) is 0 Å². The SMILES string of the molecule is [Mg+2].[Mg+2].[Mg+2].[O-][Sb]([O-])[O-].[O-][Sb]([O-])[O-]. The van der Waals surface area contributed by atoms with E-state index in [1.54, 1.807) is 0 Å². The molecule has 0 saturated carbocycles. The van der Waals surface area contributed by atoms with E-state index in [1.165, 1.54) is 0 Å². The van der Waals surface area contributed by atoms with Crippen molar-refractivity contribution < 1.29 is 20.3 Å². The summed E-state index contributed by atoms with van der Waals surface area (Å²) in [6.45, 7) is 0. The van der Waals surface area contributed by atoms with Crippen LogP contribution in [0.5, 0.6) is 0 Å². The Bertz CT molecular complexity index is 31.3. The third-order valence-corrected chi connectivity index (χ3v) is 0. The molecule has 0 spiro atoms. The van der Waals surface area contributed by atoms with Gasteiger partial charge in [-0.3, -0.25) is 0 Å². The van der Waals surface area contributed by atoms with Crippen molar-refractivity contribution in [2.45, 2.75) is 0 Å². The Morgan fingerprint density at radius 3 is 0.455 bits per heavy atom. The molecular weight excluding hydrogens is 412 g/mol. The van der Waals surface area contributed by atoms with Crippen LogP contribution in [0.25, 0.3) is 0 Å². The molecule has 6 nitrogen and oxygen atoms in total. The maximum atomic E-state index is 8.60. The zero-order valence-electron chi connectivity index (χ0n) is 5.47. The molecule has 0 fully saturated rings. The van der Waals surface area contributed by atoms with Gasteiger partial charge in [-0.1, -0.05) is 0 Å². The molecule has 0 N–H and O–H groups in total. The number of rotatable bonds is 0. The maximum absolute atomic E-state index is 8.60. The van der Waals surface area contributed by atoms with Gasteiger partial charge in [-0.05, 0) is 0 Å². The summed E-state index contributed by atoms with van der Waals surface area (Å²) < 4.78 is 51.6.